The summed E-state index contributed by atoms with van der Waals surface area (Å²) < 4.78 is 30.6. The number of nitrogens with one attached hydrogen (secondary N) is 1. The van der Waals surface area contributed by atoms with Crippen LogP contribution in [0.15, 0.2) is 18.2 Å². The standard InChI is InChI=1S/C9H9F2NO.C4H6O6/c10-6-1-7(11)3-8(2-6)13-9-4-12-5-9;5-1(3(7)8)2(6)4(9)10/h1-3,9,12H,4-5H2;1-2,5-6H,(H,7,8)(H,9,10)/t;1-,2-/m.1/s1. The number of hydrogen-bond acceptors (Lipinski definition) is 6. The van der Waals surface area contributed by atoms with E-state index in [2.05, 4.69) is 5.32 Å². The van der Waals surface area contributed by atoms with E-state index in [1.165, 1.54) is 12.1 Å². The molecule has 0 aliphatic carbocycles. The van der Waals surface area contributed by atoms with Crippen LogP contribution in [-0.4, -0.2) is 63.8 Å². The van der Waals surface area contributed by atoms with Crippen molar-refractivity contribution in [3.05, 3.63) is 29.8 Å². The summed E-state index contributed by atoms with van der Waals surface area (Å²) >= 11 is 0. The number of ether oxygens (including phenoxy) is 1. The van der Waals surface area contributed by atoms with E-state index in [0.717, 1.165) is 19.2 Å². The summed E-state index contributed by atoms with van der Waals surface area (Å²) in [5.41, 5.74) is 0. The van der Waals surface area contributed by atoms with Crippen molar-refractivity contribution in [3.63, 3.8) is 0 Å². The number of halogens is 2. The summed E-state index contributed by atoms with van der Waals surface area (Å²) in [7, 11) is 0. The second-order valence-corrected chi connectivity index (χ2v) is 4.57. The predicted octanol–water partition coefficient (Wildman–Crippen LogP) is -0.807. The first-order valence-corrected chi connectivity index (χ1v) is 6.36. The van der Waals surface area contributed by atoms with Crippen LogP contribution in [0, 0.1) is 11.6 Å². The fraction of sp³-hybridized carbons (Fsp3) is 0.385. The molecule has 23 heavy (non-hydrogen) atoms. The highest BCUT2D eigenvalue weighted by Crippen LogP contribution is 2.17. The highest BCUT2D eigenvalue weighted by atomic mass is 19.1. The molecule has 0 amide bonds. The maximum Gasteiger partial charge on any atom is 0.335 e. The summed E-state index contributed by atoms with van der Waals surface area (Å²) in [5.74, 6) is -4.50. The molecule has 2 atom stereocenters. The zero-order valence-corrected chi connectivity index (χ0v) is 11.6. The first kappa shape index (κ1) is 18.7. The Morgan fingerprint density at radius 3 is 1.78 bits per heavy atom. The Kier molecular flexibility index (Phi) is 6.82. The normalized spacial score (nSPS) is 16.3. The SMILES string of the molecule is Fc1cc(F)cc(OC2CNC2)c1.O=C(O)[C@H](O)[C@@H](O)C(=O)O. The van der Waals surface area contributed by atoms with E-state index in [0.29, 0.717) is 0 Å². The number of aliphatic carboxylic acids is 2. The van der Waals surface area contributed by atoms with Gasteiger partial charge in [0.25, 0.3) is 0 Å². The minimum absolute atomic E-state index is 0.0428. The molecule has 5 N–H and O–H groups in total. The molecule has 8 nitrogen and oxygen atoms in total. The Labute approximate surface area is 128 Å². The molecule has 0 spiro atoms. The van der Waals surface area contributed by atoms with E-state index < -0.39 is 35.8 Å². The summed E-state index contributed by atoms with van der Waals surface area (Å²) in [6, 6.07) is 3.19. The average molecular weight is 335 g/mol. The molecule has 0 aromatic heterocycles. The molecule has 1 aliphatic heterocycles. The van der Waals surface area contributed by atoms with Gasteiger partial charge in [-0.1, -0.05) is 0 Å². The molecule has 0 unspecified atom stereocenters. The molecule has 1 aromatic rings. The lowest BCUT2D eigenvalue weighted by atomic mass is 10.2. The van der Waals surface area contributed by atoms with Gasteiger partial charge in [-0.15, -0.1) is 0 Å². The van der Waals surface area contributed by atoms with Crippen LogP contribution in [0.1, 0.15) is 0 Å². The molecular weight excluding hydrogens is 320 g/mol. The molecule has 1 heterocycles. The van der Waals surface area contributed by atoms with Gasteiger partial charge in [0.15, 0.2) is 12.2 Å². The highest BCUT2D eigenvalue weighted by Gasteiger charge is 2.29. The number of aliphatic hydroxyl groups excluding tert-OH is 2. The number of hydrogen-bond donors (Lipinski definition) is 5. The van der Waals surface area contributed by atoms with E-state index >= 15 is 0 Å². The molecular formula is C13H15F2NO7. The minimum Gasteiger partial charge on any atom is -0.488 e. The van der Waals surface area contributed by atoms with Crippen LogP contribution in [-0.2, 0) is 9.59 Å². The lowest BCUT2D eigenvalue weighted by molar-refractivity contribution is -0.165. The summed E-state index contributed by atoms with van der Waals surface area (Å²) in [6.45, 7) is 1.47. The number of carboxylic acid groups (broad SMARTS) is 2. The topological polar surface area (TPSA) is 136 Å². The van der Waals surface area contributed by atoms with Crippen LogP contribution in [0.3, 0.4) is 0 Å². The lowest BCUT2D eigenvalue weighted by Gasteiger charge is -2.27. The fourth-order valence-electron chi connectivity index (χ4n) is 1.40. The van der Waals surface area contributed by atoms with Gasteiger partial charge in [-0.2, -0.15) is 0 Å². The average Bonchev–Trinajstić information content (AvgIpc) is 2.40. The summed E-state index contributed by atoms with van der Waals surface area (Å²) in [5, 5.41) is 35.5. The molecule has 1 aromatic carbocycles. The predicted molar refractivity (Wildman–Crippen MR) is 70.9 cm³/mol. The van der Waals surface area contributed by atoms with Crippen LogP contribution in [0.5, 0.6) is 5.75 Å². The minimum atomic E-state index is -2.27. The Morgan fingerprint density at radius 1 is 1.04 bits per heavy atom. The molecule has 0 saturated carbocycles. The highest BCUT2D eigenvalue weighted by molar-refractivity contribution is 5.83. The summed E-state index contributed by atoms with van der Waals surface area (Å²) in [4.78, 5) is 19.5. The van der Waals surface area contributed by atoms with E-state index in [1.807, 2.05) is 0 Å². The molecule has 10 heteroatoms. The summed E-state index contributed by atoms with van der Waals surface area (Å²) in [6.07, 6.45) is -4.49. The van der Waals surface area contributed by atoms with Gasteiger partial charge in [0.2, 0.25) is 0 Å². The van der Waals surface area contributed by atoms with Crippen LogP contribution in [0.4, 0.5) is 8.78 Å². The van der Waals surface area contributed by atoms with Crippen molar-refractivity contribution < 1.29 is 43.5 Å². The second kappa shape index (κ2) is 8.36. The van der Waals surface area contributed by atoms with Crippen molar-refractivity contribution in [3.8, 4) is 5.75 Å². The zero-order valence-electron chi connectivity index (χ0n) is 11.6. The van der Waals surface area contributed by atoms with Crippen molar-refractivity contribution in [1.82, 2.24) is 5.32 Å². The second-order valence-electron chi connectivity index (χ2n) is 4.57. The van der Waals surface area contributed by atoms with Crippen LogP contribution >= 0.6 is 0 Å². The Hall–Kier alpha value is -2.30. The van der Waals surface area contributed by atoms with E-state index in [-0.39, 0.29) is 11.9 Å². The maximum absolute atomic E-state index is 12.7. The first-order valence-electron chi connectivity index (χ1n) is 6.36. The van der Waals surface area contributed by atoms with Gasteiger partial charge < -0.3 is 30.5 Å². The number of benzene rings is 1. The molecule has 1 saturated heterocycles. The van der Waals surface area contributed by atoms with Gasteiger partial charge in [-0.3, -0.25) is 0 Å². The number of carboxylic acids is 2. The molecule has 0 radical (unpaired) electrons. The zero-order chi connectivity index (χ0) is 17.6. The van der Waals surface area contributed by atoms with Crippen LogP contribution in [0.25, 0.3) is 0 Å². The van der Waals surface area contributed by atoms with Crippen molar-refractivity contribution >= 4 is 11.9 Å². The maximum atomic E-state index is 12.7. The Morgan fingerprint density at radius 2 is 1.48 bits per heavy atom. The van der Waals surface area contributed by atoms with Gasteiger partial charge >= 0.3 is 11.9 Å². The molecule has 1 aliphatic rings. The number of carbonyl (C=O) groups is 2. The smallest absolute Gasteiger partial charge is 0.335 e. The van der Waals surface area contributed by atoms with Gasteiger partial charge in [0, 0.05) is 31.3 Å². The van der Waals surface area contributed by atoms with Crippen LogP contribution in [0.2, 0.25) is 0 Å². The van der Waals surface area contributed by atoms with Crippen molar-refractivity contribution in [2.24, 2.45) is 0 Å². The van der Waals surface area contributed by atoms with Crippen LogP contribution < -0.4 is 10.1 Å². The third kappa shape index (κ3) is 6.14. The molecule has 2 rings (SSSR count). The first-order chi connectivity index (χ1) is 10.7. The molecule has 0 bridgehead atoms. The quantitative estimate of drug-likeness (QED) is 0.471. The van der Waals surface area contributed by atoms with Gasteiger partial charge in [0.1, 0.15) is 23.5 Å². The van der Waals surface area contributed by atoms with Gasteiger partial charge in [-0.05, 0) is 0 Å². The van der Waals surface area contributed by atoms with Crippen molar-refractivity contribution in [2.45, 2.75) is 18.3 Å². The monoisotopic (exact) mass is 335 g/mol. The Balaban J connectivity index is 0.000000241. The third-order valence-corrected chi connectivity index (χ3v) is 2.69. The van der Waals surface area contributed by atoms with Crippen molar-refractivity contribution in [1.29, 1.82) is 0 Å². The fourth-order valence-corrected chi connectivity index (χ4v) is 1.40. The largest absolute Gasteiger partial charge is 0.488 e. The van der Waals surface area contributed by atoms with Gasteiger partial charge in [0.05, 0.1) is 0 Å². The number of rotatable bonds is 5. The molecule has 1 fully saturated rings. The van der Waals surface area contributed by atoms with Crippen molar-refractivity contribution in [2.75, 3.05) is 13.1 Å². The van der Waals surface area contributed by atoms with E-state index in [9.17, 15) is 18.4 Å². The Bertz CT molecular complexity index is 527. The third-order valence-electron chi connectivity index (χ3n) is 2.69. The number of aliphatic hydroxyl groups is 2. The van der Waals surface area contributed by atoms with Gasteiger partial charge in [-0.25, -0.2) is 18.4 Å². The lowest BCUT2D eigenvalue weighted by Crippen LogP contribution is -2.50. The van der Waals surface area contributed by atoms with E-state index in [1.54, 1.807) is 0 Å². The van der Waals surface area contributed by atoms with E-state index in [4.69, 9.17) is 25.2 Å². The molecule has 128 valence electrons.